The molecule has 0 radical (unpaired) electrons. The van der Waals surface area contributed by atoms with Gasteiger partial charge in [0.1, 0.15) is 0 Å². The molecule has 0 spiro atoms. The van der Waals surface area contributed by atoms with Crippen molar-refractivity contribution in [1.82, 2.24) is 4.90 Å². The Morgan fingerprint density at radius 1 is 1.67 bits per heavy atom. The van der Waals surface area contributed by atoms with Gasteiger partial charge in [-0.25, -0.2) is 0 Å². The van der Waals surface area contributed by atoms with E-state index in [0.717, 1.165) is 32.5 Å². The van der Waals surface area contributed by atoms with Gasteiger partial charge in [-0.05, 0) is 33.2 Å². The van der Waals surface area contributed by atoms with Crippen LogP contribution in [-0.2, 0) is 0 Å². The molecule has 0 amide bonds. The molecular formula is C10H19NO. The van der Waals surface area contributed by atoms with Crippen LogP contribution in [0.25, 0.3) is 0 Å². The van der Waals surface area contributed by atoms with Gasteiger partial charge in [0.2, 0.25) is 0 Å². The number of nitrogens with zero attached hydrogens (tertiary/aromatic N) is 1. The van der Waals surface area contributed by atoms with E-state index in [4.69, 9.17) is 0 Å². The first-order valence-electron chi connectivity index (χ1n) is 4.59. The van der Waals surface area contributed by atoms with Crippen molar-refractivity contribution in [3.05, 3.63) is 12.2 Å². The Balaban J connectivity index is 2.41. The quantitative estimate of drug-likeness (QED) is 0.632. The van der Waals surface area contributed by atoms with Gasteiger partial charge >= 0.3 is 0 Å². The van der Waals surface area contributed by atoms with Gasteiger partial charge in [0.15, 0.2) is 0 Å². The molecule has 1 unspecified atom stereocenters. The molecular weight excluding hydrogens is 150 g/mol. The fourth-order valence-electron chi connectivity index (χ4n) is 1.84. The van der Waals surface area contributed by atoms with Gasteiger partial charge in [0.05, 0.1) is 5.60 Å². The predicted molar refractivity (Wildman–Crippen MR) is 51.1 cm³/mol. The second-order valence-corrected chi connectivity index (χ2v) is 4.27. The Morgan fingerprint density at radius 3 is 2.83 bits per heavy atom. The molecule has 2 nitrogen and oxygen atoms in total. The number of likely N-dealkylation sites (tertiary alicyclic amines) is 1. The zero-order valence-corrected chi connectivity index (χ0v) is 8.14. The van der Waals surface area contributed by atoms with E-state index in [-0.39, 0.29) is 0 Å². The lowest BCUT2D eigenvalue weighted by Crippen LogP contribution is -2.46. The van der Waals surface area contributed by atoms with Crippen LogP contribution < -0.4 is 0 Å². The van der Waals surface area contributed by atoms with Crippen molar-refractivity contribution in [2.75, 3.05) is 19.6 Å². The molecule has 1 aliphatic heterocycles. The van der Waals surface area contributed by atoms with Crippen LogP contribution in [0.3, 0.4) is 0 Å². The molecule has 0 aromatic heterocycles. The fraction of sp³-hybridized carbons (Fsp3) is 0.800. The first-order valence-corrected chi connectivity index (χ1v) is 4.59. The normalized spacial score (nSPS) is 31.9. The first-order chi connectivity index (χ1) is 5.49. The lowest BCUT2D eigenvalue weighted by atomic mass is 9.95. The second kappa shape index (κ2) is 3.58. The number of hydrogen-bond donors (Lipinski definition) is 1. The summed E-state index contributed by atoms with van der Waals surface area (Å²) < 4.78 is 0. The Kier molecular flexibility index (Phi) is 2.91. The monoisotopic (exact) mass is 169 g/mol. The Bertz CT molecular complexity index is 175. The van der Waals surface area contributed by atoms with Gasteiger partial charge in [0.25, 0.3) is 0 Å². The van der Waals surface area contributed by atoms with Gasteiger partial charge in [-0.15, -0.1) is 0 Å². The Labute approximate surface area is 74.9 Å². The maximum Gasteiger partial charge on any atom is 0.0746 e. The minimum atomic E-state index is -0.478. The van der Waals surface area contributed by atoms with Crippen molar-refractivity contribution in [1.29, 1.82) is 0 Å². The highest BCUT2D eigenvalue weighted by atomic mass is 16.3. The van der Waals surface area contributed by atoms with E-state index in [1.807, 2.05) is 13.8 Å². The highest BCUT2D eigenvalue weighted by Crippen LogP contribution is 2.20. The molecule has 1 heterocycles. The van der Waals surface area contributed by atoms with Gasteiger partial charge < -0.3 is 5.11 Å². The summed E-state index contributed by atoms with van der Waals surface area (Å²) in [5.74, 6) is 0. The summed E-state index contributed by atoms with van der Waals surface area (Å²) in [6.07, 6.45) is 2.03. The van der Waals surface area contributed by atoms with E-state index < -0.39 is 5.60 Å². The molecule has 70 valence electrons. The third-order valence-corrected chi connectivity index (χ3v) is 2.25. The van der Waals surface area contributed by atoms with Crippen LogP contribution in [-0.4, -0.2) is 35.2 Å². The molecule has 0 aromatic carbocycles. The van der Waals surface area contributed by atoms with Crippen LogP contribution >= 0.6 is 0 Å². The van der Waals surface area contributed by atoms with Crippen LogP contribution in [0.4, 0.5) is 0 Å². The number of β-amino-alcohol motifs (C(OH)–C–C–N with tert-alkyl or cyclic N) is 1. The van der Waals surface area contributed by atoms with Crippen molar-refractivity contribution in [2.24, 2.45) is 0 Å². The Morgan fingerprint density at radius 2 is 2.33 bits per heavy atom. The smallest absolute Gasteiger partial charge is 0.0746 e. The van der Waals surface area contributed by atoms with Crippen molar-refractivity contribution < 1.29 is 5.11 Å². The molecule has 1 rings (SSSR count). The summed E-state index contributed by atoms with van der Waals surface area (Å²) in [4.78, 5) is 2.27. The number of hydrogen-bond acceptors (Lipinski definition) is 2. The summed E-state index contributed by atoms with van der Waals surface area (Å²) in [6, 6.07) is 0. The topological polar surface area (TPSA) is 23.5 Å². The zero-order valence-electron chi connectivity index (χ0n) is 8.14. The largest absolute Gasteiger partial charge is 0.389 e. The van der Waals surface area contributed by atoms with Crippen LogP contribution in [0, 0.1) is 0 Å². The van der Waals surface area contributed by atoms with E-state index >= 15 is 0 Å². The molecule has 1 N–H and O–H groups in total. The molecule has 0 saturated carbocycles. The molecule has 1 saturated heterocycles. The minimum absolute atomic E-state index is 0.478. The highest BCUT2D eigenvalue weighted by molar-refractivity contribution is 4.94. The third kappa shape index (κ3) is 2.95. The maximum absolute atomic E-state index is 9.79. The molecule has 0 aromatic rings. The number of aliphatic hydroxyl groups is 1. The summed E-state index contributed by atoms with van der Waals surface area (Å²) in [7, 11) is 0. The van der Waals surface area contributed by atoms with E-state index in [1.54, 1.807) is 0 Å². The Hall–Kier alpha value is -0.340. The molecule has 1 atom stereocenters. The van der Waals surface area contributed by atoms with Crippen LogP contribution in [0.15, 0.2) is 12.2 Å². The molecule has 0 bridgehead atoms. The van der Waals surface area contributed by atoms with E-state index in [0.29, 0.717) is 0 Å². The molecule has 2 heteroatoms. The van der Waals surface area contributed by atoms with Crippen molar-refractivity contribution >= 4 is 0 Å². The zero-order chi connectivity index (χ0) is 9.19. The van der Waals surface area contributed by atoms with E-state index in [9.17, 15) is 5.11 Å². The maximum atomic E-state index is 9.79. The number of rotatable bonds is 2. The van der Waals surface area contributed by atoms with Crippen molar-refractivity contribution in [3.63, 3.8) is 0 Å². The second-order valence-electron chi connectivity index (χ2n) is 4.27. The summed E-state index contributed by atoms with van der Waals surface area (Å²) in [5, 5.41) is 9.79. The minimum Gasteiger partial charge on any atom is -0.389 e. The van der Waals surface area contributed by atoms with Crippen LogP contribution in [0.2, 0.25) is 0 Å². The molecule has 1 aliphatic rings. The number of piperidine rings is 1. The lowest BCUT2D eigenvalue weighted by molar-refractivity contribution is -0.0123. The predicted octanol–water partition coefficient (Wildman–Crippen LogP) is 1.41. The van der Waals surface area contributed by atoms with Crippen LogP contribution in [0.5, 0.6) is 0 Å². The van der Waals surface area contributed by atoms with Gasteiger partial charge in [-0.3, -0.25) is 4.90 Å². The SMILES string of the molecule is C=C(C)CN1CCCC(C)(O)C1. The third-order valence-electron chi connectivity index (χ3n) is 2.25. The molecule has 12 heavy (non-hydrogen) atoms. The van der Waals surface area contributed by atoms with Gasteiger partial charge in [-0.1, -0.05) is 12.2 Å². The van der Waals surface area contributed by atoms with E-state index in [2.05, 4.69) is 11.5 Å². The van der Waals surface area contributed by atoms with E-state index in [1.165, 1.54) is 5.57 Å². The standard InChI is InChI=1S/C10H19NO/c1-9(2)7-11-6-4-5-10(3,12)8-11/h12H,1,4-8H2,2-3H3. The van der Waals surface area contributed by atoms with Gasteiger partial charge in [0, 0.05) is 13.1 Å². The van der Waals surface area contributed by atoms with Gasteiger partial charge in [-0.2, -0.15) is 0 Å². The van der Waals surface area contributed by atoms with Crippen LogP contribution in [0.1, 0.15) is 26.7 Å². The van der Waals surface area contributed by atoms with Crippen molar-refractivity contribution in [3.8, 4) is 0 Å². The molecule has 0 aliphatic carbocycles. The first kappa shape index (κ1) is 9.75. The summed E-state index contributed by atoms with van der Waals surface area (Å²) >= 11 is 0. The van der Waals surface area contributed by atoms with Crippen molar-refractivity contribution in [2.45, 2.75) is 32.3 Å². The highest BCUT2D eigenvalue weighted by Gasteiger charge is 2.27. The fourth-order valence-corrected chi connectivity index (χ4v) is 1.84. The summed E-state index contributed by atoms with van der Waals surface area (Å²) in [6.45, 7) is 10.6. The lowest BCUT2D eigenvalue weighted by Gasteiger charge is -2.36. The average molecular weight is 169 g/mol. The summed E-state index contributed by atoms with van der Waals surface area (Å²) in [5.41, 5.74) is 0.695. The average Bonchev–Trinajstić information content (AvgIpc) is 1.82. The molecule has 1 fully saturated rings.